The summed E-state index contributed by atoms with van der Waals surface area (Å²) in [6, 6.07) is 0. The van der Waals surface area contributed by atoms with Crippen molar-refractivity contribution in [3.8, 4) is 0 Å². The summed E-state index contributed by atoms with van der Waals surface area (Å²) in [5.41, 5.74) is 1.24. The molecule has 0 N–H and O–H groups in total. The summed E-state index contributed by atoms with van der Waals surface area (Å²) in [6.45, 7) is 10.2. The van der Waals surface area contributed by atoms with Gasteiger partial charge in [0.25, 0.3) is 0 Å². The first-order chi connectivity index (χ1) is 11.0. The van der Waals surface area contributed by atoms with E-state index in [0.29, 0.717) is 11.7 Å². The summed E-state index contributed by atoms with van der Waals surface area (Å²) < 4.78 is 0. The second-order valence-corrected chi connectivity index (χ2v) is 8.58. The van der Waals surface area contributed by atoms with Crippen LogP contribution in [0.4, 0.5) is 0 Å². The lowest BCUT2D eigenvalue weighted by atomic mass is 10.0. The van der Waals surface area contributed by atoms with Gasteiger partial charge in [0.05, 0.1) is 5.75 Å². The van der Waals surface area contributed by atoms with Crippen molar-refractivity contribution in [2.24, 2.45) is 5.92 Å². The molecule has 1 aliphatic rings. The van der Waals surface area contributed by atoms with Crippen LogP contribution in [-0.2, 0) is 4.79 Å². The molecule has 0 radical (unpaired) electrons. The van der Waals surface area contributed by atoms with Gasteiger partial charge in [-0.2, -0.15) is 0 Å². The molecular weight excluding hydrogens is 326 g/mol. The third-order valence-corrected chi connectivity index (χ3v) is 6.51. The molecule has 1 amide bonds. The fourth-order valence-corrected chi connectivity index (χ4v) is 5.23. The number of aromatic nitrogens is 2. The molecule has 0 bridgehead atoms. The number of thioether (sulfide) groups is 1. The maximum atomic E-state index is 12.5. The number of hydrogen-bond donors (Lipinski definition) is 0. The highest BCUT2D eigenvalue weighted by molar-refractivity contribution is 8.00. The second kappa shape index (κ2) is 6.77. The molecule has 0 aromatic carbocycles. The molecule has 2 aromatic heterocycles. The van der Waals surface area contributed by atoms with E-state index in [1.165, 1.54) is 16.9 Å². The average Bonchev–Trinajstić information content (AvgIpc) is 2.79. The van der Waals surface area contributed by atoms with Crippen molar-refractivity contribution in [2.45, 2.75) is 45.6 Å². The summed E-state index contributed by atoms with van der Waals surface area (Å²) in [5, 5.41) is 2.08. The van der Waals surface area contributed by atoms with Crippen molar-refractivity contribution in [3.63, 3.8) is 0 Å². The Morgan fingerprint density at radius 3 is 2.87 bits per heavy atom. The van der Waals surface area contributed by atoms with Crippen LogP contribution in [0, 0.1) is 26.7 Å². The van der Waals surface area contributed by atoms with Gasteiger partial charge in [-0.25, -0.2) is 9.97 Å². The standard InChI is InChI=1S/C17H23N3OS2/c1-10-6-5-7-20(8-10)14(21)9-22-16-15-11(2)12(3)23-17(15)19-13(4)18-16/h10H,5-9H2,1-4H3/t10-/m1/s1. The van der Waals surface area contributed by atoms with E-state index in [4.69, 9.17) is 0 Å². The molecule has 2 aromatic rings. The number of aryl methyl sites for hydroxylation is 3. The van der Waals surface area contributed by atoms with Gasteiger partial charge in [0, 0.05) is 23.4 Å². The van der Waals surface area contributed by atoms with Crippen LogP contribution in [0.25, 0.3) is 10.2 Å². The summed E-state index contributed by atoms with van der Waals surface area (Å²) in [6.07, 6.45) is 2.35. The molecule has 1 fully saturated rings. The van der Waals surface area contributed by atoms with Crippen LogP contribution >= 0.6 is 23.1 Å². The van der Waals surface area contributed by atoms with Gasteiger partial charge in [0.2, 0.25) is 5.91 Å². The molecule has 4 nitrogen and oxygen atoms in total. The number of rotatable bonds is 3. The fraction of sp³-hybridized carbons (Fsp3) is 0.588. The third kappa shape index (κ3) is 3.53. The van der Waals surface area contributed by atoms with Crippen molar-refractivity contribution in [3.05, 3.63) is 16.3 Å². The van der Waals surface area contributed by atoms with Crippen LogP contribution in [0.3, 0.4) is 0 Å². The number of carbonyl (C=O) groups excluding carboxylic acids is 1. The van der Waals surface area contributed by atoms with Crippen molar-refractivity contribution >= 4 is 39.2 Å². The van der Waals surface area contributed by atoms with Gasteiger partial charge in [0.1, 0.15) is 15.7 Å². The molecule has 124 valence electrons. The Labute approximate surface area is 145 Å². The van der Waals surface area contributed by atoms with Crippen molar-refractivity contribution in [1.82, 2.24) is 14.9 Å². The Morgan fingerprint density at radius 1 is 1.35 bits per heavy atom. The van der Waals surface area contributed by atoms with E-state index in [2.05, 4.69) is 30.7 Å². The minimum absolute atomic E-state index is 0.232. The van der Waals surface area contributed by atoms with Crippen molar-refractivity contribution in [2.75, 3.05) is 18.8 Å². The van der Waals surface area contributed by atoms with E-state index in [0.717, 1.165) is 40.6 Å². The van der Waals surface area contributed by atoms with Crippen molar-refractivity contribution in [1.29, 1.82) is 0 Å². The maximum Gasteiger partial charge on any atom is 0.232 e. The third-order valence-electron chi connectivity index (χ3n) is 4.45. The summed E-state index contributed by atoms with van der Waals surface area (Å²) in [7, 11) is 0. The van der Waals surface area contributed by atoms with Gasteiger partial charge in [-0.15, -0.1) is 11.3 Å². The molecule has 6 heteroatoms. The summed E-state index contributed by atoms with van der Waals surface area (Å²) >= 11 is 3.27. The topological polar surface area (TPSA) is 46.1 Å². The van der Waals surface area contributed by atoms with Crippen LogP contribution in [0.15, 0.2) is 5.03 Å². The van der Waals surface area contributed by atoms with Crippen LogP contribution in [-0.4, -0.2) is 39.6 Å². The van der Waals surface area contributed by atoms with E-state index >= 15 is 0 Å². The average molecular weight is 350 g/mol. The summed E-state index contributed by atoms with van der Waals surface area (Å²) in [5.74, 6) is 2.09. The Bertz CT molecular complexity index is 741. The molecule has 0 aliphatic carbocycles. The van der Waals surface area contributed by atoms with E-state index in [-0.39, 0.29) is 5.91 Å². The molecule has 0 saturated carbocycles. The Morgan fingerprint density at radius 2 is 2.13 bits per heavy atom. The predicted octanol–water partition coefficient (Wildman–Crippen LogP) is 3.97. The van der Waals surface area contributed by atoms with E-state index < -0.39 is 0 Å². The fourth-order valence-electron chi connectivity index (χ4n) is 3.06. The Balaban J connectivity index is 1.77. The first kappa shape index (κ1) is 16.7. The van der Waals surface area contributed by atoms with E-state index in [1.54, 1.807) is 23.1 Å². The number of fused-ring (bicyclic) bond motifs is 1. The first-order valence-corrected chi connectivity index (χ1v) is 9.91. The molecule has 3 rings (SSSR count). The number of thiophene rings is 1. The number of piperidine rings is 1. The van der Waals surface area contributed by atoms with Gasteiger partial charge < -0.3 is 4.90 Å². The molecule has 3 heterocycles. The highest BCUT2D eigenvalue weighted by Crippen LogP contribution is 2.35. The lowest BCUT2D eigenvalue weighted by Crippen LogP contribution is -2.40. The maximum absolute atomic E-state index is 12.5. The number of likely N-dealkylation sites (tertiary alicyclic amines) is 1. The molecule has 23 heavy (non-hydrogen) atoms. The zero-order valence-electron chi connectivity index (χ0n) is 14.2. The van der Waals surface area contributed by atoms with Gasteiger partial charge in [-0.05, 0) is 45.1 Å². The SMILES string of the molecule is Cc1nc(SCC(=O)N2CCC[C@@H](C)C2)c2c(C)c(C)sc2n1. The number of hydrogen-bond acceptors (Lipinski definition) is 5. The van der Waals surface area contributed by atoms with Crippen LogP contribution in [0.2, 0.25) is 0 Å². The van der Waals surface area contributed by atoms with E-state index in [9.17, 15) is 4.79 Å². The zero-order valence-corrected chi connectivity index (χ0v) is 15.8. The minimum Gasteiger partial charge on any atom is -0.342 e. The largest absolute Gasteiger partial charge is 0.342 e. The molecule has 1 atom stereocenters. The zero-order chi connectivity index (χ0) is 16.6. The van der Waals surface area contributed by atoms with Crippen LogP contribution < -0.4 is 0 Å². The quantitative estimate of drug-likeness (QED) is 0.621. The lowest BCUT2D eigenvalue weighted by molar-refractivity contribution is -0.130. The molecule has 0 spiro atoms. The van der Waals surface area contributed by atoms with Crippen molar-refractivity contribution < 1.29 is 4.79 Å². The number of carbonyl (C=O) groups is 1. The highest BCUT2D eigenvalue weighted by Gasteiger charge is 2.22. The van der Waals surface area contributed by atoms with E-state index in [1.807, 2.05) is 11.8 Å². The number of amides is 1. The lowest BCUT2D eigenvalue weighted by Gasteiger charge is -2.30. The van der Waals surface area contributed by atoms with Gasteiger partial charge in [-0.1, -0.05) is 18.7 Å². The van der Waals surface area contributed by atoms with Gasteiger partial charge >= 0.3 is 0 Å². The van der Waals surface area contributed by atoms with Crippen LogP contribution in [0.5, 0.6) is 0 Å². The van der Waals surface area contributed by atoms with Gasteiger partial charge in [0.15, 0.2) is 0 Å². The Hall–Kier alpha value is -1.14. The van der Waals surface area contributed by atoms with Gasteiger partial charge in [-0.3, -0.25) is 4.79 Å². The predicted molar refractivity (Wildman–Crippen MR) is 97.3 cm³/mol. The smallest absolute Gasteiger partial charge is 0.232 e. The molecule has 1 saturated heterocycles. The second-order valence-electron chi connectivity index (χ2n) is 6.42. The molecule has 1 aliphatic heterocycles. The Kier molecular flexibility index (Phi) is 4.92. The molecule has 0 unspecified atom stereocenters. The number of nitrogens with zero attached hydrogens (tertiary/aromatic N) is 3. The minimum atomic E-state index is 0.232. The normalized spacial score (nSPS) is 18.6. The first-order valence-electron chi connectivity index (χ1n) is 8.10. The highest BCUT2D eigenvalue weighted by atomic mass is 32.2. The monoisotopic (exact) mass is 349 g/mol. The molecular formula is C17H23N3OS2. The summed E-state index contributed by atoms with van der Waals surface area (Å²) in [4.78, 5) is 26.0. The van der Waals surface area contributed by atoms with Crippen LogP contribution in [0.1, 0.15) is 36.0 Å².